The predicted molar refractivity (Wildman–Crippen MR) is 94.1 cm³/mol. The molecule has 136 valence electrons. The Morgan fingerprint density at radius 1 is 1.22 bits per heavy atom. The van der Waals surface area contributed by atoms with Crippen LogP contribution < -0.4 is 5.73 Å². The van der Waals surface area contributed by atoms with Gasteiger partial charge in [0.2, 0.25) is 15.9 Å². The minimum Gasteiger partial charge on any atom is -0.341 e. The number of likely N-dealkylation sites (tertiary alicyclic amines) is 1. The number of hydrogen-bond donors (Lipinski definition) is 1. The number of rotatable bonds is 4. The van der Waals surface area contributed by atoms with Gasteiger partial charge in [0, 0.05) is 26.2 Å². The van der Waals surface area contributed by atoms with Crippen LogP contribution in [0.4, 0.5) is 0 Å². The van der Waals surface area contributed by atoms with Gasteiger partial charge < -0.3 is 10.6 Å². The van der Waals surface area contributed by atoms with Gasteiger partial charge in [-0.05, 0) is 32.6 Å². The summed E-state index contributed by atoms with van der Waals surface area (Å²) >= 11 is 0. The van der Waals surface area contributed by atoms with Crippen molar-refractivity contribution in [2.75, 3.05) is 25.9 Å². The Balaban J connectivity index is 0.00000264. The number of nitrogens with zero attached hydrogens (tertiary/aromatic N) is 2. The molecule has 0 bridgehead atoms. The highest BCUT2D eigenvalue weighted by molar-refractivity contribution is 7.89. The van der Waals surface area contributed by atoms with E-state index in [9.17, 15) is 13.2 Å². The molecule has 1 heterocycles. The Morgan fingerprint density at radius 3 is 2.22 bits per heavy atom. The van der Waals surface area contributed by atoms with Crippen LogP contribution in [0.5, 0.6) is 0 Å². The summed E-state index contributed by atoms with van der Waals surface area (Å²) in [7, 11) is -1.52. The van der Waals surface area contributed by atoms with Gasteiger partial charge in [-0.25, -0.2) is 12.7 Å². The standard InChI is InChI=1S/C15H29N3O3S.ClH/c1-3-22(20,21)17(2)13-7-11-18(12-8-13)14(19)15(16)9-5-4-6-10-15;/h13H,3-12,16H2,1-2H3;1H. The third-order valence-corrected chi connectivity index (χ3v) is 7.15. The van der Waals surface area contributed by atoms with Crippen molar-refractivity contribution in [1.82, 2.24) is 9.21 Å². The van der Waals surface area contributed by atoms with Crippen LogP contribution in [0.25, 0.3) is 0 Å². The van der Waals surface area contributed by atoms with Crippen LogP contribution in [0.2, 0.25) is 0 Å². The van der Waals surface area contributed by atoms with Gasteiger partial charge in [0.05, 0.1) is 11.3 Å². The Labute approximate surface area is 146 Å². The number of carbonyl (C=O) groups excluding carboxylic acids is 1. The molecule has 0 spiro atoms. The number of carbonyl (C=O) groups is 1. The molecule has 0 unspecified atom stereocenters. The van der Waals surface area contributed by atoms with Crippen molar-refractivity contribution in [2.24, 2.45) is 5.73 Å². The van der Waals surface area contributed by atoms with Gasteiger partial charge >= 0.3 is 0 Å². The number of sulfonamides is 1. The lowest BCUT2D eigenvalue weighted by Crippen LogP contribution is -2.58. The normalized spacial score (nSPS) is 22.7. The molecule has 2 rings (SSSR count). The summed E-state index contributed by atoms with van der Waals surface area (Å²) < 4.78 is 25.4. The van der Waals surface area contributed by atoms with E-state index < -0.39 is 15.6 Å². The molecule has 1 amide bonds. The number of hydrogen-bond acceptors (Lipinski definition) is 4. The summed E-state index contributed by atoms with van der Waals surface area (Å²) in [5.74, 6) is 0.181. The van der Waals surface area contributed by atoms with Crippen molar-refractivity contribution in [3.63, 3.8) is 0 Å². The number of halogens is 1. The summed E-state index contributed by atoms with van der Waals surface area (Å²) in [6.07, 6.45) is 6.14. The van der Waals surface area contributed by atoms with Crippen LogP contribution in [-0.2, 0) is 14.8 Å². The van der Waals surface area contributed by atoms with E-state index >= 15 is 0 Å². The van der Waals surface area contributed by atoms with E-state index in [1.165, 1.54) is 4.31 Å². The fourth-order valence-electron chi connectivity index (χ4n) is 3.57. The maximum atomic E-state index is 12.7. The molecule has 1 aliphatic heterocycles. The zero-order valence-electron chi connectivity index (χ0n) is 14.2. The van der Waals surface area contributed by atoms with Crippen molar-refractivity contribution in [3.8, 4) is 0 Å². The second kappa shape index (κ2) is 8.14. The van der Waals surface area contributed by atoms with Gasteiger partial charge in [0.25, 0.3) is 0 Å². The van der Waals surface area contributed by atoms with Gasteiger partial charge in [-0.3, -0.25) is 4.79 Å². The lowest BCUT2D eigenvalue weighted by molar-refractivity contribution is -0.139. The third-order valence-electron chi connectivity index (χ3n) is 5.24. The van der Waals surface area contributed by atoms with Crippen molar-refractivity contribution < 1.29 is 13.2 Å². The largest absolute Gasteiger partial charge is 0.341 e. The van der Waals surface area contributed by atoms with Gasteiger partial charge in [-0.2, -0.15) is 0 Å². The molecule has 0 aromatic rings. The molecule has 0 aromatic heterocycles. The number of nitrogens with two attached hydrogens (primary N) is 1. The molecule has 0 aromatic carbocycles. The van der Waals surface area contributed by atoms with E-state index in [1.54, 1.807) is 14.0 Å². The molecule has 0 atom stereocenters. The third kappa shape index (κ3) is 4.59. The molecule has 2 fully saturated rings. The summed E-state index contributed by atoms with van der Waals surface area (Å²) in [5.41, 5.74) is 5.63. The van der Waals surface area contributed by atoms with E-state index in [-0.39, 0.29) is 30.1 Å². The minimum absolute atomic E-state index is 0. The molecule has 2 N–H and O–H groups in total. The first-order valence-electron chi connectivity index (χ1n) is 8.34. The monoisotopic (exact) mass is 367 g/mol. The summed E-state index contributed by atoms with van der Waals surface area (Å²) in [6, 6.07) is -0.00548. The van der Waals surface area contributed by atoms with E-state index in [4.69, 9.17) is 5.73 Å². The van der Waals surface area contributed by atoms with Crippen LogP contribution >= 0.6 is 12.4 Å². The molecular formula is C15H30ClN3O3S. The average Bonchev–Trinajstić information content (AvgIpc) is 2.54. The van der Waals surface area contributed by atoms with Crippen LogP contribution in [-0.4, -0.2) is 61.0 Å². The van der Waals surface area contributed by atoms with Crippen molar-refractivity contribution in [2.45, 2.75) is 63.5 Å². The molecule has 23 heavy (non-hydrogen) atoms. The molecule has 8 heteroatoms. The quantitative estimate of drug-likeness (QED) is 0.812. The maximum absolute atomic E-state index is 12.7. The zero-order chi connectivity index (χ0) is 16.4. The molecular weight excluding hydrogens is 338 g/mol. The Hall–Kier alpha value is -0.370. The Kier molecular flexibility index (Phi) is 7.32. The van der Waals surface area contributed by atoms with Gasteiger partial charge in [-0.1, -0.05) is 19.3 Å². The van der Waals surface area contributed by atoms with Crippen LogP contribution in [0, 0.1) is 0 Å². The van der Waals surface area contributed by atoms with E-state index in [2.05, 4.69) is 0 Å². The fourth-order valence-corrected chi connectivity index (χ4v) is 4.65. The molecule has 0 radical (unpaired) electrons. The molecule has 1 aliphatic carbocycles. The van der Waals surface area contributed by atoms with E-state index in [1.807, 2.05) is 4.90 Å². The molecule has 2 aliphatic rings. The summed E-state index contributed by atoms with van der Waals surface area (Å²) in [6.45, 7) is 2.86. The highest BCUT2D eigenvalue weighted by Gasteiger charge is 2.40. The van der Waals surface area contributed by atoms with Crippen LogP contribution in [0.15, 0.2) is 0 Å². The van der Waals surface area contributed by atoms with E-state index in [0.717, 1.165) is 32.1 Å². The second-order valence-electron chi connectivity index (χ2n) is 6.66. The molecule has 1 saturated heterocycles. The Morgan fingerprint density at radius 2 is 1.74 bits per heavy atom. The SMILES string of the molecule is CCS(=O)(=O)N(C)C1CCN(C(=O)C2(N)CCCCC2)CC1.Cl. The van der Waals surface area contributed by atoms with Gasteiger partial charge in [-0.15, -0.1) is 12.4 Å². The highest BCUT2D eigenvalue weighted by atomic mass is 35.5. The lowest BCUT2D eigenvalue weighted by Gasteiger charge is -2.41. The summed E-state index contributed by atoms with van der Waals surface area (Å²) in [4.78, 5) is 14.5. The smallest absolute Gasteiger partial charge is 0.242 e. The predicted octanol–water partition coefficient (Wildman–Crippen LogP) is 1.34. The van der Waals surface area contributed by atoms with Crippen LogP contribution in [0.1, 0.15) is 51.9 Å². The first-order chi connectivity index (χ1) is 10.3. The highest BCUT2D eigenvalue weighted by Crippen LogP contribution is 2.29. The van der Waals surface area contributed by atoms with Crippen molar-refractivity contribution in [3.05, 3.63) is 0 Å². The average molecular weight is 368 g/mol. The first kappa shape index (κ1) is 20.7. The Bertz CT molecular complexity index is 498. The van der Waals surface area contributed by atoms with Crippen molar-refractivity contribution >= 4 is 28.3 Å². The lowest BCUT2D eigenvalue weighted by atomic mass is 9.81. The number of piperidine rings is 1. The van der Waals surface area contributed by atoms with Crippen molar-refractivity contribution in [1.29, 1.82) is 0 Å². The second-order valence-corrected chi connectivity index (χ2v) is 8.97. The minimum atomic E-state index is -3.16. The summed E-state index contributed by atoms with van der Waals surface area (Å²) in [5, 5.41) is 0. The maximum Gasteiger partial charge on any atom is 0.242 e. The van der Waals surface area contributed by atoms with Gasteiger partial charge in [0.1, 0.15) is 0 Å². The molecule has 6 nitrogen and oxygen atoms in total. The number of amides is 1. The fraction of sp³-hybridized carbons (Fsp3) is 0.933. The first-order valence-corrected chi connectivity index (χ1v) is 9.95. The van der Waals surface area contributed by atoms with Gasteiger partial charge in [0.15, 0.2) is 0 Å². The zero-order valence-corrected chi connectivity index (χ0v) is 15.8. The topological polar surface area (TPSA) is 83.7 Å². The van der Waals surface area contributed by atoms with Crippen LogP contribution in [0.3, 0.4) is 0 Å². The van der Waals surface area contributed by atoms with E-state index in [0.29, 0.717) is 25.9 Å². The molecule has 1 saturated carbocycles.